The van der Waals surface area contributed by atoms with Crippen LogP contribution < -0.4 is 20.3 Å². The Morgan fingerprint density at radius 1 is 1.24 bits per heavy atom. The molecule has 0 aliphatic carbocycles. The highest BCUT2D eigenvalue weighted by Gasteiger charge is 2.14. The fraction of sp³-hybridized carbons (Fsp3) is 0.450. The number of esters is 1. The molecule has 0 saturated heterocycles. The molecule has 29 heavy (non-hydrogen) atoms. The van der Waals surface area contributed by atoms with Gasteiger partial charge in [0.2, 0.25) is 0 Å². The molecule has 1 heterocycles. The van der Waals surface area contributed by atoms with Crippen LogP contribution in [0, 0.1) is 0 Å². The Bertz CT molecular complexity index is 885. The maximum atomic E-state index is 12.9. The number of nitrogens with one attached hydrogen (secondary N) is 1. The number of carbonyl (C=O) groups is 1. The summed E-state index contributed by atoms with van der Waals surface area (Å²) in [6.45, 7) is 2.58. The highest BCUT2D eigenvalue weighted by atomic mass is 32.2. The van der Waals surface area contributed by atoms with Crippen molar-refractivity contribution in [2.45, 2.75) is 38.0 Å². The summed E-state index contributed by atoms with van der Waals surface area (Å²) in [5.41, 5.74) is 0.887. The predicted octanol–water partition coefficient (Wildman–Crippen LogP) is 2.94. The van der Waals surface area contributed by atoms with E-state index < -0.39 is 5.97 Å². The van der Waals surface area contributed by atoms with Crippen LogP contribution in [-0.2, 0) is 22.6 Å². The average molecular weight is 422 g/mol. The van der Waals surface area contributed by atoms with Crippen LogP contribution >= 0.6 is 11.8 Å². The van der Waals surface area contributed by atoms with E-state index in [2.05, 4.69) is 10.3 Å². The number of thioether (sulfide) groups is 1. The van der Waals surface area contributed by atoms with E-state index in [1.165, 1.54) is 22.5 Å². The van der Waals surface area contributed by atoms with Gasteiger partial charge in [0, 0.05) is 6.54 Å². The summed E-state index contributed by atoms with van der Waals surface area (Å²) in [6, 6.07) is 5.51. The zero-order chi connectivity index (χ0) is 21.2. The lowest BCUT2D eigenvalue weighted by Crippen LogP contribution is -2.29. The second-order valence-electron chi connectivity index (χ2n) is 6.17. The van der Waals surface area contributed by atoms with Crippen molar-refractivity contribution < 1.29 is 19.0 Å². The predicted molar refractivity (Wildman–Crippen MR) is 113 cm³/mol. The number of unbranched alkanes of at least 4 members (excludes halogenated alkanes) is 1. The normalized spacial score (nSPS) is 10.5. The first kappa shape index (κ1) is 22.6. The molecule has 0 unspecified atom stereocenters. The molecule has 0 atom stereocenters. The summed E-state index contributed by atoms with van der Waals surface area (Å²) >= 11 is 1.30. The van der Waals surface area contributed by atoms with Gasteiger partial charge in [-0.1, -0.05) is 31.2 Å². The molecule has 8 nitrogen and oxygen atoms in total. The summed E-state index contributed by atoms with van der Waals surface area (Å²) < 4.78 is 17.0. The first-order valence-corrected chi connectivity index (χ1v) is 10.5. The van der Waals surface area contributed by atoms with Gasteiger partial charge in [-0.3, -0.25) is 14.2 Å². The Kier molecular flexibility index (Phi) is 8.85. The SMILES string of the molecule is CCCCOC(=O)Cn1c(SC)ncc(NCc2ccc(OC)c(OC)c2)c1=O. The van der Waals surface area contributed by atoms with Crippen LogP contribution in [0.25, 0.3) is 0 Å². The Morgan fingerprint density at radius 2 is 2.00 bits per heavy atom. The zero-order valence-corrected chi connectivity index (χ0v) is 18.0. The zero-order valence-electron chi connectivity index (χ0n) is 17.2. The van der Waals surface area contributed by atoms with E-state index >= 15 is 0 Å². The third-order valence-corrected chi connectivity index (χ3v) is 4.86. The van der Waals surface area contributed by atoms with E-state index in [1.807, 2.05) is 19.1 Å². The van der Waals surface area contributed by atoms with Crippen molar-refractivity contribution >= 4 is 23.4 Å². The van der Waals surface area contributed by atoms with Gasteiger partial charge in [0.1, 0.15) is 12.2 Å². The minimum Gasteiger partial charge on any atom is -0.493 e. The number of methoxy groups -OCH3 is 2. The summed E-state index contributed by atoms with van der Waals surface area (Å²) in [5.74, 6) is 0.788. The number of aromatic nitrogens is 2. The molecule has 2 rings (SSSR count). The minimum atomic E-state index is -0.449. The van der Waals surface area contributed by atoms with Crippen LogP contribution in [0.15, 0.2) is 34.3 Å². The quantitative estimate of drug-likeness (QED) is 0.256. The molecule has 0 radical (unpaired) electrons. The first-order chi connectivity index (χ1) is 14.0. The molecule has 0 aliphatic heterocycles. The fourth-order valence-corrected chi connectivity index (χ4v) is 3.12. The number of nitrogens with zero attached hydrogens (tertiary/aromatic N) is 2. The molecule has 0 amide bonds. The maximum Gasteiger partial charge on any atom is 0.326 e. The molecule has 2 aromatic rings. The number of benzene rings is 1. The van der Waals surface area contributed by atoms with E-state index in [0.29, 0.717) is 35.5 Å². The second-order valence-corrected chi connectivity index (χ2v) is 6.94. The number of anilines is 1. The lowest BCUT2D eigenvalue weighted by atomic mass is 10.2. The van der Waals surface area contributed by atoms with Crippen LogP contribution in [0.2, 0.25) is 0 Å². The van der Waals surface area contributed by atoms with Crippen molar-refractivity contribution in [3.63, 3.8) is 0 Å². The Labute approximate surface area is 174 Å². The molecule has 0 aliphatic rings. The summed E-state index contributed by atoms with van der Waals surface area (Å²) in [4.78, 5) is 29.2. The Morgan fingerprint density at radius 3 is 2.66 bits per heavy atom. The van der Waals surface area contributed by atoms with Crippen molar-refractivity contribution in [3.05, 3.63) is 40.3 Å². The highest BCUT2D eigenvalue weighted by molar-refractivity contribution is 7.98. The molecule has 158 valence electrons. The second kappa shape index (κ2) is 11.4. The van der Waals surface area contributed by atoms with Crippen molar-refractivity contribution in [1.29, 1.82) is 0 Å². The van der Waals surface area contributed by atoms with Gasteiger partial charge in [-0.2, -0.15) is 0 Å². The average Bonchev–Trinajstić information content (AvgIpc) is 2.74. The summed E-state index contributed by atoms with van der Waals surface area (Å²) in [6.07, 6.45) is 5.01. The Hall–Kier alpha value is -2.68. The van der Waals surface area contributed by atoms with Gasteiger partial charge in [0.05, 0.1) is 27.0 Å². The first-order valence-electron chi connectivity index (χ1n) is 9.28. The van der Waals surface area contributed by atoms with E-state index in [9.17, 15) is 9.59 Å². The lowest BCUT2D eigenvalue weighted by Gasteiger charge is -2.13. The van der Waals surface area contributed by atoms with Crippen LogP contribution in [-0.4, -0.2) is 42.6 Å². The number of hydrogen-bond acceptors (Lipinski definition) is 8. The van der Waals surface area contributed by atoms with Gasteiger partial charge in [-0.15, -0.1) is 0 Å². The highest BCUT2D eigenvalue weighted by Crippen LogP contribution is 2.27. The van der Waals surface area contributed by atoms with Crippen LogP contribution in [0.1, 0.15) is 25.3 Å². The standard InChI is InChI=1S/C20H27N3O5S/c1-5-6-9-28-18(24)13-23-19(25)15(12-22-20(23)29-4)21-11-14-7-8-16(26-2)17(10-14)27-3/h7-8,10,12,21H,5-6,9,11,13H2,1-4H3. The molecule has 1 aromatic heterocycles. The third kappa shape index (κ3) is 6.15. The molecule has 1 N–H and O–H groups in total. The van der Waals surface area contributed by atoms with Gasteiger partial charge in [0.25, 0.3) is 5.56 Å². The molecule has 9 heteroatoms. The number of hydrogen-bond donors (Lipinski definition) is 1. The number of ether oxygens (including phenoxy) is 3. The monoisotopic (exact) mass is 421 g/mol. The van der Waals surface area contributed by atoms with Crippen LogP contribution in [0.5, 0.6) is 11.5 Å². The molecule has 0 saturated carbocycles. The van der Waals surface area contributed by atoms with Crippen molar-refractivity contribution in [1.82, 2.24) is 9.55 Å². The van der Waals surface area contributed by atoms with Gasteiger partial charge in [-0.05, 0) is 30.4 Å². The van der Waals surface area contributed by atoms with Gasteiger partial charge < -0.3 is 19.5 Å². The molecule has 0 bridgehead atoms. The van der Waals surface area contributed by atoms with Crippen LogP contribution in [0.4, 0.5) is 5.69 Å². The van der Waals surface area contributed by atoms with E-state index in [4.69, 9.17) is 14.2 Å². The Balaban J connectivity index is 2.15. The molecule has 0 spiro atoms. The van der Waals surface area contributed by atoms with Crippen molar-refractivity contribution in [3.8, 4) is 11.5 Å². The van der Waals surface area contributed by atoms with Crippen molar-refractivity contribution in [2.24, 2.45) is 0 Å². The largest absolute Gasteiger partial charge is 0.493 e. The lowest BCUT2D eigenvalue weighted by molar-refractivity contribution is -0.144. The van der Waals surface area contributed by atoms with Crippen LogP contribution in [0.3, 0.4) is 0 Å². The van der Waals surface area contributed by atoms with Gasteiger partial charge in [-0.25, -0.2) is 4.98 Å². The summed E-state index contributed by atoms with van der Waals surface area (Å²) in [5, 5.41) is 3.54. The number of rotatable bonds is 11. The summed E-state index contributed by atoms with van der Waals surface area (Å²) in [7, 11) is 3.14. The van der Waals surface area contributed by atoms with E-state index in [1.54, 1.807) is 26.5 Å². The van der Waals surface area contributed by atoms with Crippen molar-refractivity contribution in [2.75, 3.05) is 32.4 Å². The molecular weight excluding hydrogens is 394 g/mol. The minimum absolute atomic E-state index is 0.169. The van der Waals surface area contributed by atoms with Gasteiger partial charge >= 0.3 is 5.97 Å². The van der Waals surface area contributed by atoms with E-state index in [0.717, 1.165) is 18.4 Å². The topological polar surface area (TPSA) is 91.7 Å². The third-order valence-electron chi connectivity index (χ3n) is 4.17. The molecule has 1 aromatic carbocycles. The molecular formula is C20H27N3O5S. The fourth-order valence-electron chi connectivity index (χ4n) is 2.59. The van der Waals surface area contributed by atoms with E-state index in [-0.39, 0.29) is 12.1 Å². The van der Waals surface area contributed by atoms with Gasteiger partial charge in [0.15, 0.2) is 16.7 Å². The molecule has 0 fully saturated rings. The number of carbonyl (C=O) groups excluding carboxylic acids is 1. The maximum absolute atomic E-state index is 12.9. The smallest absolute Gasteiger partial charge is 0.326 e.